The maximum absolute atomic E-state index is 7.50. The van der Waals surface area contributed by atoms with Gasteiger partial charge >= 0.3 is 31.2 Å². The standard InChI is InChI=1S/C18H15O3P.C10H12.2CO.Cr/c1-4-10-16(11-5-1)19-22(20-17-12-6-2-7-13-17)21-18-14-8-3-9-15-18;1-2-3-7-10-8-5-4-6-9-10;2*1-2;/h1-15H;2,4-6,8-9H,1,3,7H2;;;. The van der Waals surface area contributed by atoms with E-state index in [0.29, 0.717) is 17.2 Å². The molecule has 0 unspecified atom stereocenters. The summed E-state index contributed by atoms with van der Waals surface area (Å²) in [5, 5.41) is 0. The van der Waals surface area contributed by atoms with Crippen molar-refractivity contribution in [2.45, 2.75) is 12.8 Å². The average Bonchev–Trinajstić information content (AvgIpc) is 2.97. The normalized spacial score (nSPS) is 8.68. The molecule has 0 spiro atoms. The molecule has 37 heavy (non-hydrogen) atoms. The monoisotopic (exact) mass is 550 g/mol. The van der Waals surface area contributed by atoms with Crippen LogP contribution in [0.1, 0.15) is 12.0 Å². The Bertz CT molecular complexity index is 1000. The molecule has 0 N–H and O–H groups in total. The number of aryl methyl sites for hydroxylation is 1. The van der Waals surface area contributed by atoms with Gasteiger partial charge in [0, 0.05) is 17.4 Å². The molecular weight excluding hydrogens is 523 g/mol. The van der Waals surface area contributed by atoms with E-state index in [0.717, 1.165) is 12.8 Å². The molecule has 0 bridgehead atoms. The smallest absolute Gasteiger partial charge is 0.409 e. The molecular formula is C30H27CrO5P. The summed E-state index contributed by atoms with van der Waals surface area (Å²) in [5.41, 5.74) is 1.39. The quantitative estimate of drug-likeness (QED) is 0.0914. The number of hydrogen-bond acceptors (Lipinski definition) is 3. The topological polar surface area (TPSA) is 67.5 Å². The molecule has 0 aromatic heterocycles. The zero-order chi connectivity index (χ0) is 26.3. The van der Waals surface area contributed by atoms with E-state index in [4.69, 9.17) is 22.9 Å². The van der Waals surface area contributed by atoms with E-state index in [9.17, 15) is 0 Å². The molecule has 0 aliphatic carbocycles. The molecule has 4 aromatic rings. The van der Waals surface area contributed by atoms with Crippen molar-refractivity contribution in [3.05, 3.63) is 153 Å². The van der Waals surface area contributed by atoms with Crippen LogP contribution in [0.25, 0.3) is 0 Å². The van der Waals surface area contributed by atoms with Crippen molar-refractivity contribution in [1.82, 2.24) is 0 Å². The van der Waals surface area contributed by atoms with Crippen LogP contribution >= 0.6 is 8.60 Å². The predicted molar refractivity (Wildman–Crippen MR) is 141 cm³/mol. The fourth-order valence-corrected chi connectivity index (χ4v) is 3.66. The average molecular weight is 551 g/mol. The van der Waals surface area contributed by atoms with E-state index in [2.05, 4.69) is 44.1 Å². The van der Waals surface area contributed by atoms with Gasteiger partial charge in [0.1, 0.15) is 17.2 Å². The maximum Gasteiger partial charge on any atom is 0.530 e. The summed E-state index contributed by atoms with van der Waals surface area (Å²) in [7, 11) is -1.59. The molecule has 5 nitrogen and oxygen atoms in total. The Morgan fingerprint density at radius 1 is 0.568 bits per heavy atom. The van der Waals surface area contributed by atoms with E-state index in [1.54, 1.807) is 0 Å². The molecule has 4 rings (SSSR count). The van der Waals surface area contributed by atoms with Crippen LogP contribution in [0.3, 0.4) is 0 Å². The summed E-state index contributed by atoms with van der Waals surface area (Å²) in [6.07, 6.45) is 4.14. The molecule has 0 fully saturated rings. The number of benzene rings is 4. The second-order valence-electron chi connectivity index (χ2n) is 6.75. The van der Waals surface area contributed by atoms with Crippen molar-refractivity contribution in [3.63, 3.8) is 0 Å². The van der Waals surface area contributed by atoms with Gasteiger partial charge in [-0.2, -0.15) is 0 Å². The summed E-state index contributed by atoms with van der Waals surface area (Å²) in [5.74, 6) is 2.13. The van der Waals surface area contributed by atoms with E-state index in [1.165, 1.54) is 5.56 Å². The summed E-state index contributed by atoms with van der Waals surface area (Å²) in [6, 6.07) is 39.0. The van der Waals surface area contributed by atoms with Crippen LogP contribution in [0.4, 0.5) is 0 Å². The van der Waals surface area contributed by atoms with E-state index in [1.807, 2.05) is 103 Å². The fourth-order valence-electron chi connectivity index (χ4n) is 2.67. The minimum atomic E-state index is -1.59. The van der Waals surface area contributed by atoms with Crippen molar-refractivity contribution < 1.29 is 40.2 Å². The summed E-state index contributed by atoms with van der Waals surface area (Å²) in [6.45, 7) is 12.7. The number of allylic oxidation sites excluding steroid dienone is 1. The molecule has 0 amide bonds. The zero-order valence-corrected chi connectivity index (χ0v) is 22.3. The molecule has 0 saturated heterocycles. The first-order valence-corrected chi connectivity index (χ1v) is 12.0. The van der Waals surface area contributed by atoms with E-state index < -0.39 is 8.60 Å². The van der Waals surface area contributed by atoms with Crippen molar-refractivity contribution in [2.24, 2.45) is 0 Å². The Labute approximate surface area is 231 Å². The van der Waals surface area contributed by atoms with Gasteiger partial charge in [-0.05, 0) is 54.8 Å². The third-order valence-electron chi connectivity index (χ3n) is 4.25. The number of hydrogen-bond donors (Lipinski definition) is 0. The summed E-state index contributed by atoms with van der Waals surface area (Å²) >= 11 is 0. The fraction of sp³-hybridized carbons (Fsp3) is 0.0667. The maximum atomic E-state index is 7.50. The third kappa shape index (κ3) is 15.2. The van der Waals surface area contributed by atoms with Gasteiger partial charge in [-0.25, -0.2) is 0 Å². The van der Waals surface area contributed by atoms with Gasteiger partial charge in [0.25, 0.3) is 0 Å². The number of rotatable bonds is 9. The van der Waals surface area contributed by atoms with Crippen LogP contribution in [0.2, 0.25) is 0 Å². The van der Waals surface area contributed by atoms with Gasteiger partial charge in [0.15, 0.2) is 0 Å². The molecule has 0 atom stereocenters. The summed E-state index contributed by atoms with van der Waals surface area (Å²) in [4.78, 5) is 0. The minimum Gasteiger partial charge on any atom is -0.409 e. The van der Waals surface area contributed by atoms with Gasteiger partial charge in [0.05, 0.1) is 0 Å². The van der Waals surface area contributed by atoms with Crippen LogP contribution in [0.15, 0.2) is 134 Å². The molecule has 188 valence electrons. The predicted octanol–water partition coefficient (Wildman–Crippen LogP) is 8.18. The molecule has 7 heteroatoms. The minimum absolute atomic E-state index is 0. The molecule has 4 aromatic carbocycles. The SMILES string of the molecule is C=CCCc1ccccc1.[C-]#[O+].[C-]#[O+].[Cr].c1ccc(OP(Oc2ccccc2)Oc2ccccc2)cc1. The van der Waals surface area contributed by atoms with Gasteiger partial charge in [-0.1, -0.05) is 91.0 Å². The van der Waals surface area contributed by atoms with Crippen LogP contribution in [-0.4, -0.2) is 0 Å². The first-order chi connectivity index (χ1) is 17.8. The molecule has 0 saturated carbocycles. The first-order valence-electron chi connectivity index (χ1n) is 10.9. The van der Waals surface area contributed by atoms with Gasteiger partial charge in [-0.3, -0.25) is 0 Å². The van der Waals surface area contributed by atoms with Crippen molar-refractivity contribution in [2.75, 3.05) is 0 Å². The zero-order valence-electron chi connectivity index (χ0n) is 20.1. The van der Waals surface area contributed by atoms with Crippen molar-refractivity contribution in [1.29, 1.82) is 0 Å². The Morgan fingerprint density at radius 2 is 0.865 bits per heavy atom. The van der Waals surface area contributed by atoms with Crippen LogP contribution in [0, 0.1) is 13.3 Å². The van der Waals surface area contributed by atoms with Gasteiger partial charge in [0.2, 0.25) is 0 Å². The third-order valence-corrected chi connectivity index (χ3v) is 5.33. The second-order valence-corrected chi connectivity index (χ2v) is 7.74. The molecule has 0 radical (unpaired) electrons. The van der Waals surface area contributed by atoms with Crippen molar-refractivity contribution in [3.8, 4) is 17.2 Å². The van der Waals surface area contributed by atoms with E-state index in [-0.39, 0.29) is 17.4 Å². The Morgan fingerprint density at radius 3 is 1.16 bits per heavy atom. The number of para-hydroxylation sites is 3. The molecule has 0 heterocycles. The second kappa shape index (κ2) is 22.9. The Kier molecular flexibility index (Phi) is 20.7. The Balaban J connectivity index is 0.000000730. The van der Waals surface area contributed by atoms with Crippen LogP contribution in [-0.2, 0) is 33.1 Å². The molecule has 0 aliphatic rings. The van der Waals surface area contributed by atoms with Gasteiger partial charge < -0.3 is 13.6 Å². The molecule has 0 aliphatic heterocycles. The Hall–Kier alpha value is -3.54. The van der Waals surface area contributed by atoms with Crippen LogP contribution < -0.4 is 13.6 Å². The van der Waals surface area contributed by atoms with E-state index >= 15 is 0 Å². The largest absolute Gasteiger partial charge is 0.530 e. The first kappa shape index (κ1) is 33.5. The van der Waals surface area contributed by atoms with Crippen molar-refractivity contribution >= 4 is 8.60 Å². The summed E-state index contributed by atoms with van der Waals surface area (Å²) < 4.78 is 32.5. The van der Waals surface area contributed by atoms with Gasteiger partial charge in [-0.15, -0.1) is 6.58 Å². The van der Waals surface area contributed by atoms with Crippen LogP contribution in [0.5, 0.6) is 17.2 Å².